The van der Waals surface area contributed by atoms with Crippen LogP contribution in [0.2, 0.25) is 0 Å². The maximum Gasteiger partial charge on any atom is 0.236 e. The van der Waals surface area contributed by atoms with Gasteiger partial charge in [-0.3, -0.25) is 0 Å². The molecule has 2 heterocycles. The van der Waals surface area contributed by atoms with Crippen LogP contribution in [0.3, 0.4) is 0 Å². The van der Waals surface area contributed by atoms with Crippen LogP contribution in [0.25, 0.3) is 0 Å². The van der Waals surface area contributed by atoms with Crippen molar-refractivity contribution in [1.82, 2.24) is 4.98 Å². The average molecular weight is 470 g/mol. The van der Waals surface area contributed by atoms with Crippen molar-refractivity contribution in [1.29, 1.82) is 5.26 Å². The molecule has 0 atom stereocenters. The molecule has 5 rings (SSSR count). The number of aromatic nitrogens is 1. The van der Waals surface area contributed by atoms with Gasteiger partial charge in [-0.15, -0.1) is 0 Å². The molecule has 1 saturated heterocycles. The fourth-order valence-electron chi connectivity index (χ4n) is 4.65. The lowest BCUT2D eigenvalue weighted by Crippen LogP contribution is -3.15. The summed E-state index contributed by atoms with van der Waals surface area (Å²) in [6.07, 6.45) is 0. The molecule has 1 fully saturated rings. The highest BCUT2D eigenvalue weighted by Gasteiger charge is 2.32. The lowest BCUT2D eigenvalue weighted by molar-refractivity contribution is -0.926. The molecule has 176 valence electrons. The Balaban J connectivity index is 1.30. The molecule has 0 amide bonds. The lowest BCUT2D eigenvalue weighted by Gasteiger charge is -2.36. The van der Waals surface area contributed by atoms with Crippen molar-refractivity contribution >= 4 is 5.88 Å². The van der Waals surface area contributed by atoms with Crippen molar-refractivity contribution in [2.45, 2.75) is 12.6 Å². The van der Waals surface area contributed by atoms with E-state index in [-0.39, 0.29) is 30.0 Å². The van der Waals surface area contributed by atoms with Gasteiger partial charge in [0.05, 0.1) is 26.2 Å². The molecule has 7 heteroatoms. The van der Waals surface area contributed by atoms with E-state index in [0.29, 0.717) is 5.88 Å². The maximum atomic E-state index is 13.8. The van der Waals surface area contributed by atoms with E-state index in [1.165, 1.54) is 22.1 Å². The summed E-state index contributed by atoms with van der Waals surface area (Å²) in [4.78, 5) is 7.80. The summed E-state index contributed by atoms with van der Waals surface area (Å²) in [5.41, 5.74) is 2.79. The van der Waals surface area contributed by atoms with Crippen LogP contribution in [0.4, 0.5) is 10.3 Å². The van der Waals surface area contributed by atoms with Gasteiger partial charge in [0.25, 0.3) is 0 Å². The van der Waals surface area contributed by atoms with Gasteiger partial charge in [-0.25, -0.2) is 4.39 Å². The zero-order chi connectivity index (χ0) is 24.0. The number of piperazine rings is 1. The fraction of sp³-hybridized carbons (Fsp3) is 0.214. The van der Waals surface area contributed by atoms with Gasteiger partial charge in [0.1, 0.15) is 12.1 Å². The second-order valence-electron chi connectivity index (χ2n) is 8.49. The number of rotatable bonds is 7. The Kier molecular flexibility index (Phi) is 6.73. The SMILES string of the molecule is N#Cc1nc(COc2ccccc2F)oc1N1CC[NH+](C(c2ccccc2)c2ccccc2)CC1. The number of nitriles is 1. The number of hydrogen-bond acceptors (Lipinski definition) is 5. The van der Waals surface area contributed by atoms with Crippen molar-refractivity contribution in [2.75, 3.05) is 31.1 Å². The van der Waals surface area contributed by atoms with Crippen LogP contribution in [-0.2, 0) is 6.61 Å². The van der Waals surface area contributed by atoms with Gasteiger partial charge in [-0.05, 0) is 12.1 Å². The number of para-hydroxylation sites is 1. The number of quaternary nitrogens is 1. The summed E-state index contributed by atoms with van der Waals surface area (Å²) in [7, 11) is 0. The van der Waals surface area contributed by atoms with E-state index in [1.54, 1.807) is 18.2 Å². The van der Waals surface area contributed by atoms with Crippen LogP contribution in [0.15, 0.2) is 89.3 Å². The lowest BCUT2D eigenvalue weighted by atomic mass is 9.96. The highest BCUT2D eigenvalue weighted by atomic mass is 19.1. The number of halogens is 1. The quantitative estimate of drug-likeness (QED) is 0.447. The molecule has 1 aromatic heterocycles. The Morgan fingerprint density at radius 2 is 1.54 bits per heavy atom. The Labute approximate surface area is 203 Å². The van der Waals surface area contributed by atoms with Crippen LogP contribution < -0.4 is 14.5 Å². The number of ether oxygens (including phenoxy) is 1. The molecule has 0 bridgehead atoms. The summed E-state index contributed by atoms with van der Waals surface area (Å²) in [5.74, 6) is 0.372. The highest BCUT2D eigenvalue weighted by Crippen LogP contribution is 2.25. The molecule has 0 unspecified atom stereocenters. The standard InChI is InChI=1S/C28H25FN4O2/c29-23-13-7-8-14-25(23)34-20-26-31-24(19-30)28(35-26)33-17-15-32(16-18-33)27(21-9-3-1-4-10-21)22-11-5-2-6-12-22/h1-14,27H,15-18,20H2/p+1. The van der Waals surface area contributed by atoms with Gasteiger partial charge < -0.3 is 19.0 Å². The fourth-order valence-corrected chi connectivity index (χ4v) is 4.65. The third kappa shape index (κ3) is 5.03. The molecule has 35 heavy (non-hydrogen) atoms. The van der Waals surface area contributed by atoms with Gasteiger partial charge >= 0.3 is 0 Å². The predicted octanol–water partition coefficient (Wildman–Crippen LogP) is 3.76. The molecule has 0 saturated carbocycles. The zero-order valence-corrected chi connectivity index (χ0v) is 19.2. The van der Waals surface area contributed by atoms with E-state index in [4.69, 9.17) is 9.15 Å². The topological polar surface area (TPSA) is 66.7 Å². The Morgan fingerprint density at radius 1 is 0.943 bits per heavy atom. The second-order valence-corrected chi connectivity index (χ2v) is 8.49. The number of hydrogen-bond donors (Lipinski definition) is 1. The summed E-state index contributed by atoms with van der Waals surface area (Å²) < 4.78 is 25.3. The van der Waals surface area contributed by atoms with Crippen molar-refractivity contribution in [2.24, 2.45) is 0 Å². The van der Waals surface area contributed by atoms with E-state index in [1.807, 2.05) is 12.1 Å². The molecule has 1 aliphatic rings. The highest BCUT2D eigenvalue weighted by molar-refractivity contribution is 5.48. The van der Waals surface area contributed by atoms with Gasteiger partial charge in [0.2, 0.25) is 17.5 Å². The minimum atomic E-state index is -0.453. The predicted molar refractivity (Wildman–Crippen MR) is 130 cm³/mol. The Morgan fingerprint density at radius 3 is 2.14 bits per heavy atom. The van der Waals surface area contributed by atoms with Gasteiger partial charge in [0, 0.05) is 11.1 Å². The first-order valence-electron chi connectivity index (χ1n) is 11.7. The Bertz CT molecular complexity index is 1260. The molecule has 1 N–H and O–H groups in total. The first-order valence-corrected chi connectivity index (χ1v) is 11.7. The zero-order valence-electron chi connectivity index (χ0n) is 19.2. The molecule has 0 aliphatic carbocycles. The largest absolute Gasteiger partial charge is 0.481 e. The summed E-state index contributed by atoms with van der Waals surface area (Å²) >= 11 is 0. The van der Waals surface area contributed by atoms with E-state index in [0.717, 1.165) is 26.2 Å². The first-order chi connectivity index (χ1) is 17.2. The molecule has 0 spiro atoms. The van der Waals surface area contributed by atoms with Gasteiger partial charge in [-0.2, -0.15) is 10.2 Å². The number of nitrogens with zero attached hydrogens (tertiary/aromatic N) is 3. The maximum absolute atomic E-state index is 13.8. The summed E-state index contributed by atoms with van der Waals surface area (Å²) in [5, 5.41) is 9.62. The third-order valence-electron chi connectivity index (χ3n) is 6.31. The summed E-state index contributed by atoms with van der Waals surface area (Å²) in [6, 6.07) is 29.7. The van der Waals surface area contributed by atoms with Crippen molar-refractivity contribution in [3.05, 3.63) is 113 Å². The van der Waals surface area contributed by atoms with Crippen LogP contribution >= 0.6 is 0 Å². The number of anilines is 1. The number of nitrogens with one attached hydrogen (secondary N) is 1. The molecule has 0 radical (unpaired) electrons. The van der Waals surface area contributed by atoms with Crippen LogP contribution in [0.1, 0.15) is 28.8 Å². The minimum absolute atomic E-state index is 0.0507. The third-order valence-corrected chi connectivity index (χ3v) is 6.31. The van der Waals surface area contributed by atoms with Crippen molar-refractivity contribution in [3.8, 4) is 11.8 Å². The van der Waals surface area contributed by atoms with Crippen molar-refractivity contribution in [3.63, 3.8) is 0 Å². The molecule has 1 aliphatic heterocycles. The first kappa shape index (κ1) is 22.6. The second kappa shape index (κ2) is 10.4. The molecular weight excluding hydrogens is 443 g/mol. The van der Waals surface area contributed by atoms with Crippen LogP contribution in [-0.4, -0.2) is 31.2 Å². The van der Waals surface area contributed by atoms with Crippen LogP contribution in [0.5, 0.6) is 5.75 Å². The van der Waals surface area contributed by atoms with Crippen molar-refractivity contribution < 1.29 is 18.4 Å². The van der Waals surface area contributed by atoms with Gasteiger partial charge in [0.15, 0.2) is 18.2 Å². The average Bonchev–Trinajstić information content (AvgIpc) is 3.33. The normalized spacial score (nSPS) is 14.1. The van der Waals surface area contributed by atoms with E-state index >= 15 is 0 Å². The number of oxazole rings is 1. The van der Waals surface area contributed by atoms with E-state index < -0.39 is 5.82 Å². The van der Waals surface area contributed by atoms with E-state index in [9.17, 15) is 9.65 Å². The Hall–Kier alpha value is -4.15. The molecule has 4 aromatic rings. The molecule has 3 aromatic carbocycles. The minimum Gasteiger partial charge on any atom is -0.481 e. The van der Waals surface area contributed by atoms with Crippen LogP contribution in [0, 0.1) is 17.1 Å². The van der Waals surface area contributed by atoms with E-state index in [2.05, 4.69) is 64.5 Å². The van der Waals surface area contributed by atoms with Gasteiger partial charge in [-0.1, -0.05) is 72.8 Å². The number of benzene rings is 3. The molecular formula is C28H26FN4O2+. The molecule has 6 nitrogen and oxygen atoms in total. The summed E-state index contributed by atoms with van der Waals surface area (Å²) in [6.45, 7) is 3.15. The smallest absolute Gasteiger partial charge is 0.236 e. The monoisotopic (exact) mass is 469 g/mol.